The number of nitrogens with zero attached hydrogens (tertiary/aromatic N) is 2. The first kappa shape index (κ1) is 29.2. The number of amides is 5. The van der Waals surface area contributed by atoms with Crippen LogP contribution in [0.15, 0.2) is 66.2 Å². The summed E-state index contributed by atoms with van der Waals surface area (Å²) in [6.07, 6.45) is 1.29. The number of benzene rings is 3. The average molecular weight is 670 g/mol. The van der Waals surface area contributed by atoms with Crippen molar-refractivity contribution in [1.29, 1.82) is 0 Å². The van der Waals surface area contributed by atoms with Gasteiger partial charge in [-0.2, -0.15) is 0 Å². The molecule has 3 aromatic carbocycles. The standard InChI is InChI=1S/C28H23IN4O8/c1-3-40-23-14-17(13-21(29)25(23)41-15-24(34)30-22-7-5-4-6-16(22)2)12-20-26(35)31-28(37)32(27(20)36)18-8-10-19(11-9-18)33(38)39/h4-14H,3,15H2,1-2H3,(H,30,34)(H,31,35,37)/b20-12-. The summed E-state index contributed by atoms with van der Waals surface area (Å²) in [4.78, 5) is 61.9. The van der Waals surface area contributed by atoms with E-state index in [1.54, 1.807) is 25.1 Å². The molecule has 0 aromatic heterocycles. The topological polar surface area (TPSA) is 157 Å². The molecule has 0 bridgehead atoms. The number of barbiturate groups is 1. The van der Waals surface area contributed by atoms with Gasteiger partial charge in [0, 0.05) is 17.8 Å². The molecule has 3 aromatic rings. The summed E-state index contributed by atoms with van der Waals surface area (Å²) in [7, 11) is 0. The highest BCUT2D eigenvalue weighted by Gasteiger charge is 2.37. The van der Waals surface area contributed by atoms with Crippen LogP contribution in [-0.2, 0) is 14.4 Å². The van der Waals surface area contributed by atoms with Gasteiger partial charge < -0.3 is 14.8 Å². The van der Waals surface area contributed by atoms with Crippen LogP contribution in [0.1, 0.15) is 18.1 Å². The van der Waals surface area contributed by atoms with Gasteiger partial charge >= 0.3 is 6.03 Å². The predicted octanol–water partition coefficient (Wildman–Crippen LogP) is 4.59. The minimum Gasteiger partial charge on any atom is -0.490 e. The number of halogens is 1. The summed E-state index contributed by atoms with van der Waals surface area (Å²) < 4.78 is 12.0. The Bertz CT molecular complexity index is 1590. The van der Waals surface area contributed by atoms with Crippen LogP contribution in [0, 0.1) is 20.6 Å². The molecule has 5 amide bonds. The maximum absolute atomic E-state index is 13.2. The van der Waals surface area contributed by atoms with E-state index in [9.17, 15) is 29.3 Å². The number of carbonyl (C=O) groups excluding carboxylic acids is 4. The number of nitro groups is 1. The lowest BCUT2D eigenvalue weighted by Gasteiger charge is -2.26. The zero-order valence-corrected chi connectivity index (χ0v) is 24.0. The summed E-state index contributed by atoms with van der Waals surface area (Å²) in [5, 5.41) is 15.9. The molecule has 1 fully saturated rings. The highest BCUT2D eigenvalue weighted by molar-refractivity contribution is 14.1. The fourth-order valence-corrected chi connectivity index (χ4v) is 4.67. The number of hydrogen-bond acceptors (Lipinski definition) is 8. The van der Waals surface area contributed by atoms with Crippen molar-refractivity contribution in [3.8, 4) is 11.5 Å². The van der Waals surface area contributed by atoms with Gasteiger partial charge in [-0.3, -0.25) is 29.8 Å². The third-order valence-corrected chi connectivity index (χ3v) is 6.63. The molecule has 0 radical (unpaired) electrons. The maximum Gasteiger partial charge on any atom is 0.335 e. The van der Waals surface area contributed by atoms with Gasteiger partial charge in [-0.05, 0) is 84.0 Å². The summed E-state index contributed by atoms with van der Waals surface area (Å²) in [6.45, 7) is 3.61. The molecule has 41 heavy (non-hydrogen) atoms. The number of hydrogen-bond donors (Lipinski definition) is 2. The molecule has 13 heteroatoms. The summed E-state index contributed by atoms with van der Waals surface area (Å²) in [5.74, 6) is -1.60. The van der Waals surface area contributed by atoms with Gasteiger partial charge in [-0.25, -0.2) is 9.69 Å². The monoisotopic (exact) mass is 670 g/mol. The van der Waals surface area contributed by atoms with Gasteiger partial charge in [0.1, 0.15) is 5.57 Å². The molecule has 0 atom stereocenters. The van der Waals surface area contributed by atoms with Crippen LogP contribution in [0.25, 0.3) is 6.08 Å². The van der Waals surface area contributed by atoms with E-state index in [0.717, 1.165) is 22.6 Å². The largest absolute Gasteiger partial charge is 0.490 e. The van der Waals surface area contributed by atoms with E-state index in [2.05, 4.69) is 10.6 Å². The van der Waals surface area contributed by atoms with Crippen molar-refractivity contribution in [2.45, 2.75) is 13.8 Å². The van der Waals surface area contributed by atoms with Gasteiger partial charge in [0.25, 0.3) is 23.4 Å². The number of imide groups is 2. The van der Waals surface area contributed by atoms with Crippen LogP contribution in [0.5, 0.6) is 11.5 Å². The van der Waals surface area contributed by atoms with E-state index in [-0.39, 0.29) is 41.8 Å². The summed E-state index contributed by atoms with van der Waals surface area (Å²) in [5.41, 5.74) is 1.45. The van der Waals surface area contributed by atoms with Crippen molar-refractivity contribution < 1.29 is 33.6 Å². The minimum absolute atomic E-state index is 0.0498. The Morgan fingerprint density at radius 3 is 2.46 bits per heavy atom. The van der Waals surface area contributed by atoms with Gasteiger partial charge in [0.2, 0.25) is 0 Å². The number of anilines is 2. The molecule has 0 spiro atoms. The van der Waals surface area contributed by atoms with E-state index >= 15 is 0 Å². The van der Waals surface area contributed by atoms with Crippen molar-refractivity contribution in [1.82, 2.24) is 5.32 Å². The zero-order valence-electron chi connectivity index (χ0n) is 21.8. The molecule has 0 saturated carbocycles. The first-order valence-corrected chi connectivity index (χ1v) is 13.3. The first-order valence-electron chi connectivity index (χ1n) is 12.2. The second-order valence-corrected chi connectivity index (χ2v) is 9.81. The molecule has 1 aliphatic heterocycles. The predicted molar refractivity (Wildman–Crippen MR) is 158 cm³/mol. The molecule has 1 heterocycles. The Hall–Kier alpha value is -4.79. The molecule has 210 valence electrons. The number of nitrogens with one attached hydrogen (secondary N) is 2. The Labute approximate surface area is 247 Å². The molecule has 0 unspecified atom stereocenters. The highest BCUT2D eigenvalue weighted by atomic mass is 127. The van der Waals surface area contributed by atoms with E-state index in [1.165, 1.54) is 18.2 Å². The van der Waals surface area contributed by atoms with Crippen LogP contribution >= 0.6 is 22.6 Å². The Kier molecular flexibility index (Phi) is 8.97. The quantitative estimate of drug-likeness (QED) is 0.110. The Morgan fingerprint density at radius 1 is 1.10 bits per heavy atom. The number of nitro benzene ring substituents is 1. The molecular formula is C28H23IN4O8. The van der Waals surface area contributed by atoms with Crippen LogP contribution in [-0.4, -0.2) is 41.9 Å². The number of para-hydroxylation sites is 1. The van der Waals surface area contributed by atoms with E-state index < -0.39 is 22.8 Å². The maximum atomic E-state index is 13.2. The number of ether oxygens (including phenoxy) is 2. The smallest absolute Gasteiger partial charge is 0.335 e. The van der Waals surface area contributed by atoms with Crippen LogP contribution < -0.4 is 25.0 Å². The fraction of sp³-hybridized carbons (Fsp3) is 0.143. The van der Waals surface area contributed by atoms with Gasteiger partial charge in [0.05, 0.1) is 20.8 Å². The van der Waals surface area contributed by atoms with Crippen molar-refractivity contribution in [2.24, 2.45) is 0 Å². The number of urea groups is 1. The summed E-state index contributed by atoms with van der Waals surface area (Å²) >= 11 is 1.99. The van der Waals surface area contributed by atoms with Crippen molar-refractivity contribution >= 4 is 69.5 Å². The number of carbonyl (C=O) groups is 4. The minimum atomic E-state index is -0.983. The lowest BCUT2D eigenvalue weighted by atomic mass is 10.1. The van der Waals surface area contributed by atoms with Crippen molar-refractivity contribution in [3.05, 3.63) is 91.0 Å². The van der Waals surface area contributed by atoms with Crippen LogP contribution in [0.3, 0.4) is 0 Å². The number of aryl methyl sites for hydroxylation is 1. The molecule has 1 saturated heterocycles. The molecule has 4 rings (SSSR count). The molecule has 2 N–H and O–H groups in total. The second kappa shape index (κ2) is 12.6. The third-order valence-electron chi connectivity index (χ3n) is 5.83. The van der Waals surface area contributed by atoms with Crippen molar-refractivity contribution in [2.75, 3.05) is 23.4 Å². The lowest BCUT2D eigenvalue weighted by Crippen LogP contribution is -2.54. The van der Waals surface area contributed by atoms with Crippen LogP contribution in [0.4, 0.5) is 21.9 Å². The van der Waals surface area contributed by atoms with E-state index in [1.807, 2.05) is 47.7 Å². The fourth-order valence-electron chi connectivity index (χ4n) is 3.89. The molecular weight excluding hydrogens is 647 g/mol. The number of non-ortho nitro benzene ring substituents is 1. The normalized spacial score (nSPS) is 14.1. The van der Waals surface area contributed by atoms with Gasteiger partial charge in [-0.15, -0.1) is 0 Å². The van der Waals surface area contributed by atoms with Crippen molar-refractivity contribution in [3.63, 3.8) is 0 Å². The average Bonchev–Trinajstić information content (AvgIpc) is 2.92. The number of rotatable bonds is 9. The molecule has 12 nitrogen and oxygen atoms in total. The third kappa shape index (κ3) is 6.69. The van der Waals surface area contributed by atoms with Gasteiger partial charge in [0.15, 0.2) is 18.1 Å². The Morgan fingerprint density at radius 2 is 1.80 bits per heavy atom. The highest BCUT2D eigenvalue weighted by Crippen LogP contribution is 2.35. The van der Waals surface area contributed by atoms with E-state index in [4.69, 9.17) is 9.47 Å². The van der Waals surface area contributed by atoms with Crippen LogP contribution in [0.2, 0.25) is 0 Å². The zero-order chi connectivity index (χ0) is 29.7. The summed E-state index contributed by atoms with van der Waals surface area (Å²) in [6, 6.07) is 14.3. The van der Waals surface area contributed by atoms with E-state index in [0.29, 0.717) is 20.6 Å². The first-order chi connectivity index (χ1) is 19.6. The SMILES string of the molecule is CCOc1cc(/C=C2/C(=O)NC(=O)N(c3ccc([N+](=O)[O-])cc3)C2=O)cc(I)c1OCC(=O)Nc1ccccc1C. The molecule has 0 aliphatic carbocycles. The molecule has 1 aliphatic rings. The lowest BCUT2D eigenvalue weighted by molar-refractivity contribution is -0.384. The van der Waals surface area contributed by atoms with Gasteiger partial charge in [-0.1, -0.05) is 18.2 Å². The second-order valence-electron chi connectivity index (χ2n) is 8.65. The Balaban J connectivity index is 1.58.